The lowest BCUT2D eigenvalue weighted by Crippen LogP contribution is -1.84. The van der Waals surface area contributed by atoms with E-state index in [1.807, 2.05) is 0 Å². The molecule has 1 rings (SSSR count). The summed E-state index contributed by atoms with van der Waals surface area (Å²) in [5.74, 6) is -0.957. The Morgan fingerprint density at radius 2 is 2.50 bits per heavy atom. The van der Waals surface area contributed by atoms with E-state index >= 15 is 0 Å². The van der Waals surface area contributed by atoms with E-state index in [9.17, 15) is 4.79 Å². The van der Waals surface area contributed by atoms with Crippen molar-refractivity contribution in [1.82, 2.24) is 0 Å². The molecule has 0 aliphatic carbocycles. The molecule has 3 heteroatoms. The second-order valence-electron chi connectivity index (χ2n) is 1.73. The number of hydrogen-bond acceptors (Lipinski definition) is 2. The summed E-state index contributed by atoms with van der Waals surface area (Å²) < 4.78 is 4.70. The Hall–Kier alpha value is -1.51. The van der Waals surface area contributed by atoms with Gasteiger partial charge in [0.15, 0.2) is 0 Å². The number of carbonyl (C=O) groups is 1. The first kappa shape index (κ1) is 6.61. The Kier molecular flexibility index (Phi) is 1.89. The number of carboxylic acids is 1. The van der Waals surface area contributed by atoms with Crippen molar-refractivity contribution in [2.45, 2.75) is 0 Å². The van der Waals surface area contributed by atoms with Crippen LogP contribution in [-0.2, 0) is 4.79 Å². The third-order valence-corrected chi connectivity index (χ3v) is 0.962. The SMILES string of the molecule is O=C(O)/C=C\c1ccoc1. The minimum absolute atomic E-state index is 0.752. The minimum Gasteiger partial charge on any atom is -0.478 e. The third-order valence-electron chi connectivity index (χ3n) is 0.962. The molecule has 1 N–H and O–H groups in total. The lowest BCUT2D eigenvalue weighted by atomic mass is 10.3. The first-order chi connectivity index (χ1) is 4.79. The van der Waals surface area contributed by atoms with Gasteiger partial charge in [-0.05, 0) is 12.1 Å². The third kappa shape index (κ3) is 1.78. The summed E-state index contributed by atoms with van der Waals surface area (Å²) in [7, 11) is 0. The summed E-state index contributed by atoms with van der Waals surface area (Å²) in [6.07, 6.45) is 5.48. The molecule has 0 spiro atoms. The van der Waals surface area contributed by atoms with Crippen molar-refractivity contribution in [3.05, 3.63) is 30.2 Å². The van der Waals surface area contributed by atoms with Crippen LogP contribution in [0.5, 0.6) is 0 Å². The molecule has 0 saturated heterocycles. The van der Waals surface area contributed by atoms with E-state index in [4.69, 9.17) is 9.52 Å². The number of furan rings is 1. The van der Waals surface area contributed by atoms with E-state index in [2.05, 4.69) is 0 Å². The van der Waals surface area contributed by atoms with E-state index in [1.54, 1.807) is 6.07 Å². The Labute approximate surface area is 57.6 Å². The van der Waals surface area contributed by atoms with Crippen LogP contribution in [0.15, 0.2) is 29.1 Å². The van der Waals surface area contributed by atoms with Crippen LogP contribution in [0, 0.1) is 0 Å². The highest BCUT2D eigenvalue weighted by atomic mass is 16.4. The Morgan fingerprint density at radius 3 is 3.00 bits per heavy atom. The molecule has 0 aliphatic rings. The molecule has 1 aromatic rings. The van der Waals surface area contributed by atoms with Crippen molar-refractivity contribution in [1.29, 1.82) is 0 Å². The first-order valence-electron chi connectivity index (χ1n) is 2.72. The summed E-state index contributed by atoms with van der Waals surface area (Å²) in [5, 5.41) is 8.19. The van der Waals surface area contributed by atoms with E-state index in [0.29, 0.717) is 0 Å². The first-order valence-corrected chi connectivity index (χ1v) is 2.72. The van der Waals surface area contributed by atoms with Crippen molar-refractivity contribution >= 4 is 12.0 Å². The van der Waals surface area contributed by atoms with E-state index < -0.39 is 5.97 Å². The van der Waals surface area contributed by atoms with Gasteiger partial charge in [0, 0.05) is 11.6 Å². The standard InChI is InChI=1S/C7H6O3/c8-7(9)2-1-6-3-4-10-5-6/h1-5H,(H,8,9)/b2-1-. The van der Waals surface area contributed by atoms with Crippen LogP contribution < -0.4 is 0 Å². The predicted molar refractivity (Wildman–Crippen MR) is 35.4 cm³/mol. The van der Waals surface area contributed by atoms with Crippen LogP contribution in [0.1, 0.15) is 5.56 Å². The monoisotopic (exact) mass is 138 g/mol. The number of rotatable bonds is 2. The van der Waals surface area contributed by atoms with Crippen molar-refractivity contribution < 1.29 is 14.3 Å². The Morgan fingerprint density at radius 1 is 1.70 bits per heavy atom. The second kappa shape index (κ2) is 2.87. The van der Waals surface area contributed by atoms with Crippen LogP contribution >= 0.6 is 0 Å². The van der Waals surface area contributed by atoms with Crippen LogP contribution in [0.2, 0.25) is 0 Å². The molecular formula is C7H6O3. The number of hydrogen-bond donors (Lipinski definition) is 1. The summed E-state index contributed by atoms with van der Waals surface area (Å²) >= 11 is 0. The molecule has 0 amide bonds. The number of aliphatic carboxylic acids is 1. The fourth-order valence-electron chi connectivity index (χ4n) is 0.537. The van der Waals surface area contributed by atoms with Crippen LogP contribution in [0.3, 0.4) is 0 Å². The predicted octanol–water partition coefficient (Wildman–Crippen LogP) is 1.38. The topological polar surface area (TPSA) is 50.4 Å². The molecule has 1 heterocycles. The number of carboxylic acid groups (broad SMARTS) is 1. The van der Waals surface area contributed by atoms with Gasteiger partial charge in [0.2, 0.25) is 0 Å². The van der Waals surface area contributed by atoms with Gasteiger partial charge in [-0.3, -0.25) is 0 Å². The van der Waals surface area contributed by atoms with Gasteiger partial charge < -0.3 is 9.52 Å². The molecule has 52 valence electrons. The molecule has 10 heavy (non-hydrogen) atoms. The van der Waals surface area contributed by atoms with E-state index in [1.165, 1.54) is 18.6 Å². The molecule has 0 saturated carbocycles. The van der Waals surface area contributed by atoms with Crippen molar-refractivity contribution in [3.8, 4) is 0 Å². The summed E-state index contributed by atoms with van der Waals surface area (Å²) in [4.78, 5) is 9.98. The lowest BCUT2D eigenvalue weighted by molar-refractivity contribution is -0.131. The summed E-state index contributed by atoms with van der Waals surface area (Å²) in [6, 6.07) is 1.68. The fourth-order valence-corrected chi connectivity index (χ4v) is 0.537. The van der Waals surface area contributed by atoms with Crippen LogP contribution in [0.4, 0.5) is 0 Å². The molecule has 0 aliphatic heterocycles. The smallest absolute Gasteiger partial charge is 0.328 e. The maximum Gasteiger partial charge on any atom is 0.328 e. The van der Waals surface area contributed by atoms with E-state index in [-0.39, 0.29) is 0 Å². The summed E-state index contributed by atoms with van der Waals surface area (Å²) in [6.45, 7) is 0. The molecule has 0 unspecified atom stereocenters. The van der Waals surface area contributed by atoms with Gasteiger partial charge in [-0.2, -0.15) is 0 Å². The molecule has 1 aromatic heterocycles. The highest BCUT2D eigenvalue weighted by Gasteiger charge is 1.88. The van der Waals surface area contributed by atoms with Gasteiger partial charge in [0.25, 0.3) is 0 Å². The highest BCUT2D eigenvalue weighted by Crippen LogP contribution is 2.01. The van der Waals surface area contributed by atoms with Crippen LogP contribution in [0.25, 0.3) is 6.08 Å². The molecule has 0 radical (unpaired) electrons. The van der Waals surface area contributed by atoms with Crippen LogP contribution in [-0.4, -0.2) is 11.1 Å². The van der Waals surface area contributed by atoms with Gasteiger partial charge in [-0.15, -0.1) is 0 Å². The molecule has 0 fully saturated rings. The fraction of sp³-hybridized carbons (Fsp3) is 0. The quantitative estimate of drug-likeness (QED) is 0.628. The summed E-state index contributed by atoms with van der Waals surface area (Å²) in [5.41, 5.74) is 0.752. The molecule has 0 atom stereocenters. The average molecular weight is 138 g/mol. The highest BCUT2D eigenvalue weighted by molar-refractivity contribution is 5.85. The van der Waals surface area contributed by atoms with Crippen molar-refractivity contribution in [2.24, 2.45) is 0 Å². The zero-order valence-corrected chi connectivity index (χ0v) is 5.15. The maximum absolute atomic E-state index is 9.98. The van der Waals surface area contributed by atoms with Gasteiger partial charge in [0.1, 0.15) is 0 Å². The largest absolute Gasteiger partial charge is 0.478 e. The zero-order valence-electron chi connectivity index (χ0n) is 5.15. The van der Waals surface area contributed by atoms with Gasteiger partial charge in [0.05, 0.1) is 12.5 Å². The molecular weight excluding hydrogens is 132 g/mol. The minimum atomic E-state index is -0.957. The zero-order chi connectivity index (χ0) is 7.40. The van der Waals surface area contributed by atoms with Gasteiger partial charge in [-0.1, -0.05) is 0 Å². The van der Waals surface area contributed by atoms with Crippen molar-refractivity contribution in [2.75, 3.05) is 0 Å². The molecule has 3 nitrogen and oxygen atoms in total. The van der Waals surface area contributed by atoms with E-state index in [0.717, 1.165) is 11.6 Å². The van der Waals surface area contributed by atoms with Crippen molar-refractivity contribution in [3.63, 3.8) is 0 Å². The Bertz CT molecular complexity index is 233. The second-order valence-corrected chi connectivity index (χ2v) is 1.73. The lowest BCUT2D eigenvalue weighted by Gasteiger charge is -1.77. The Balaban J connectivity index is 2.64. The van der Waals surface area contributed by atoms with Gasteiger partial charge >= 0.3 is 5.97 Å². The molecule has 0 aromatic carbocycles. The van der Waals surface area contributed by atoms with Gasteiger partial charge in [-0.25, -0.2) is 4.79 Å². The average Bonchev–Trinajstić information content (AvgIpc) is 2.34. The normalized spacial score (nSPS) is 10.4. The maximum atomic E-state index is 9.98. The molecule has 0 bridgehead atoms.